The summed E-state index contributed by atoms with van der Waals surface area (Å²) in [5.74, 6) is 0. The van der Waals surface area contributed by atoms with Crippen LogP contribution in [0.25, 0.3) is 0 Å². The Morgan fingerprint density at radius 3 is 0.931 bits per heavy atom. The van der Waals surface area contributed by atoms with E-state index in [-0.39, 0.29) is 6.92 Å². The van der Waals surface area contributed by atoms with Gasteiger partial charge in [0, 0.05) is 0 Å². The Kier molecular flexibility index (Phi) is 8.03. The minimum atomic E-state index is -7.47. The van der Waals surface area contributed by atoms with Crippen LogP contribution in [0, 0.1) is 0 Å². The normalized spacial score (nSPS) is 16.6. The fourth-order valence-electron chi connectivity index (χ4n) is 1.20. The van der Waals surface area contributed by atoms with Gasteiger partial charge < -0.3 is 0 Å². The van der Waals surface area contributed by atoms with E-state index >= 15 is 0 Å². The molecule has 4 nitrogen and oxygen atoms in total. The van der Waals surface area contributed by atoms with Crippen LogP contribution in [0.3, 0.4) is 0 Å². The fourth-order valence-corrected chi connectivity index (χ4v) is 2.85. The largest absolute Gasteiger partial charge is 0.477 e. The zero-order valence-electron chi connectivity index (χ0n) is 13.0. The molecule has 0 aromatic rings. The molecule has 0 bridgehead atoms. The number of halogens is 15. The Hall–Kier alpha value is -0.940. The molecule has 0 saturated heterocycles. The SMILES string of the molecule is CC(OP(=O)(OC(C(F)(F)F)C(F)(F)F)OC(C(F)(F)F)C(F)(F)F)C(F)(F)F. The highest BCUT2D eigenvalue weighted by atomic mass is 31.2. The lowest BCUT2D eigenvalue weighted by Gasteiger charge is -2.31. The third-order valence-electron chi connectivity index (χ3n) is 2.41. The van der Waals surface area contributed by atoms with Gasteiger partial charge in [-0.15, -0.1) is 0 Å². The molecule has 176 valence electrons. The molecule has 0 aliphatic heterocycles. The first-order chi connectivity index (χ1) is 12.3. The van der Waals surface area contributed by atoms with E-state index in [2.05, 4.69) is 13.6 Å². The lowest BCUT2D eigenvalue weighted by atomic mass is 10.3. The standard InChI is InChI=1S/C9H6F15O4P/c1-2(5(10,11)12)26-29(25,27-3(6(13,14)15)7(16,17)18)28-4(8(19,20)21)9(22,23)24/h2-4H,1H3. The van der Waals surface area contributed by atoms with Gasteiger partial charge in [-0.25, -0.2) is 4.57 Å². The molecule has 1 unspecified atom stereocenters. The lowest BCUT2D eigenvalue weighted by molar-refractivity contribution is -0.319. The molecule has 0 amide bonds. The van der Waals surface area contributed by atoms with Crippen molar-refractivity contribution in [2.45, 2.75) is 56.1 Å². The number of rotatable bonds is 6. The molecule has 1 atom stereocenters. The Bertz CT molecular complexity index is 519. The third-order valence-corrected chi connectivity index (χ3v) is 3.92. The van der Waals surface area contributed by atoms with Gasteiger partial charge in [-0.3, -0.25) is 13.6 Å². The van der Waals surface area contributed by atoms with Crippen LogP contribution in [0.1, 0.15) is 6.92 Å². The Labute approximate surface area is 149 Å². The van der Waals surface area contributed by atoms with Crippen molar-refractivity contribution < 1.29 is 84.0 Å². The number of hydrogen-bond donors (Lipinski definition) is 0. The van der Waals surface area contributed by atoms with Gasteiger partial charge in [-0.2, -0.15) is 65.9 Å². The predicted molar refractivity (Wildman–Crippen MR) is 58.2 cm³/mol. The van der Waals surface area contributed by atoms with Crippen LogP contribution in [0.5, 0.6) is 0 Å². The second-order valence-electron chi connectivity index (χ2n) is 4.87. The molecule has 0 saturated carbocycles. The average Bonchev–Trinajstić information content (AvgIpc) is 2.36. The van der Waals surface area contributed by atoms with Crippen LogP contribution in [-0.4, -0.2) is 49.2 Å². The zero-order chi connectivity index (χ0) is 23.9. The summed E-state index contributed by atoms with van der Waals surface area (Å²) in [6, 6.07) is 0. The van der Waals surface area contributed by atoms with Crippen molar-refractivity contribution in [2.75, 3.05) is 0 Å². The van der Waals surface area contributed by atoms with E-state index in [9.17, 15) is 70.4 Å². The monoisotopic (exact) mass is 494 g/mol. The van der Waals surface area contributed by atoms with Crippen molar-refractivity contribution in [3.05, 3.63) is 0 Å². The van der Waals surface area contributed by atoms with Gasteiger partial charge in [0.1, 0.15) is 0 Å². The maximum absolute atomic E-state index is 12.4. The first-order valence-electron chi connectivity index (χ1n) is 6.29. The molecule has 0 aromatic heterocycles. The minimum Gasteiger partial charge on any atom is -0.274 e. The molecular weight excluding hydrogens is 488 g/mol. The maximum atomic E-state index is 12.4. The topological polar surface area (TPSA) is 44.8 Å². The minimum absolute atomic E-state index is 0.314. The average molecular weight is 494 g/mol. The summed E-state index contributed by atoms with van der Waals surface area (Å²) >= 11 is 0. The third kappa shape index (κ3) is 8.75. The first-order valence-corrected chi connectivity index (χ1v) is 7.75. The van der Waals surface area contributed by atoms with Gasteiger partial charge in [0.2, 0.25) is 0 Å². The van der Waals surface area contributed by atoms with Crippen LogP contribution in [0.2, 0.25) is 0 Å². The lowest BCUT2D eigenvalue weighted by Crippen LogP contribution is -2.47. The highest BCUT2D eigenvalue weighted by Gasteiger charge is 2.66. The van der Waals surface area contributed by atoms with E-state index in [0.717, 1.165) is 0 Å². The van der Waals surface area contributed by atoms with Crippen LogP contribution in [-0.2, 0) is 18.1 Å². The molecule has 0 heterocycles. The number of hydrogen-bond acceptors (Lipinski definition) is 4. The summed E-state index contributed by atoms with van der Waals surface area (Å²) in [6.07, 6.45) is -47.2. The smallest absolute Gasteiger partial charge is 0.274 e. The van der Waals surface area contributed by atoms with Crippen LogP contribution in [0.4, 0.5) is 65.9 Å². The maximum Gasteiger partial charge on any atom is 0.477 e. The summed E-state index contributed by atoms with van der Waals surface area (Å²) in [4.78, 5) is 0. The summed E-state index contributed by atoms with van der Waals surface area (Å²) in [5, 5.41) is 0. The molecule has 0 spiro atoms. The Morgan fingerprint density at radius 2 is 0.759 bits per heavy atom. The van der Waals surface area contributed by atoms with Crippen molar-refractivity contribution in [3.63, 3.8) is 0 Å². The molecule has 0 rings (SSSR count). The van der Waals surface area contributed by atoms with E-state index < -0.39 is 57.0 Å². The molecule has 0 aromatic carbocycles. The number of phosphoric ester groups is 1. The summed E-state index contributed by atoms with van der Waals surface area (Å²) in [5.41, 5.74) is 0. The van der Waals surface area contributed by atoms with Crippen LogP contribution < -0.4 is 0 Å². The highest BCUT2D eigenvalue weighted by molar-refractivity contribution is 7.48. The van der Waals surface area contributed by atoms with Crippen molar-refractivity contribution in [2.24, 2.45) is 0 Å². The van der Waals surface area contributed by atoms with Crippen molar-refractivity contribution in [1.29, 1.82) is 0 Å². The molecule has 0 N–H and O–H groups in total. The summed E-state index contributed by atoms with van der Waals surface area (Å²) in [6.45, 7) is -0.314. The second-order valence-corrected chi connectivity index (χ2v) is 6.40. The summed E-state index contributed by atoms with van der Waals surface area (Å²) < 4.78 is 206. The molecule has 0 radical (unpaired) electrons. The van der Waals surface area contributed by atoms with Gasteiger partial charge in [0.05, 0.1) is 0 Å². The van der Waals surface area contributed by atoms with Gasteiger partial charge >= 0.3 is 38.7 Å². The van der Waals surface area contributed by atoms with Crippen LogP contribution in [0.15, 0.2) is 0 Å². The fraction of sp³-hybridized carbons (Fsp3) is 1.00. The number of alkyl halides is 15. The molecule has 29 heavy (non-hydrogen) atoms. The van der Waals surface area contributed by atoms with E-state index in [1.54, 1.807) is 0 Å². The van der Waals surface area contributed by atoms with Crippen molar-refractivity contribution in [3.8, 4) is 0 Å². The van der Waals surface area contributed by atoms with Crippen molar-refractivity contribution >= 4 is 7.82 Å². The molecule has 0 aliphatic carbocycles. The second kappa shape index (κ2) is 8.30. The van der Waals surface area contributed by atoms with E-state index in [4.69, 9.17) is 0 Å². The molecule has 0 fully saturated rings. The van der Waals surface area contributed by atoms with E-state index in [1.165, 1.54) is 0 Å². The van der Waals surface area contributed by atoms with E-state index in [0.29, 0.717) is 0 Å². The Balaban J connectivity index is 6.31. The van der Waals surface area contributed by atoms with Crippen LogP contribution >= 0.6 is 7.82 Å². The quantitative estimate of drug-likeness (QED) is 0.332. The molecule has 20 heteroatoms. The summed E-state index contributed by atoms with van der Waals surface area (Å²) in [7, 11) is -7.47. The molecular formula is C9H6F15O4P. The van der Waals surface area contributed by atoms with Gasteiger partial charge in [-0.1, -0.05) is 0 Å². The molecule has 0 aliphatic rings. The van der Waals surface area contributed by atoms with Crippen molar-refractivity contribution in [1.82, 2.24) is 0 Å². The van der Waals surface area contributed by atoms with Gasteiger partial charge in [0.15, 0.2) is 6.10 Å². The van der Waals surface area contributed by atoms with Gasteiger partial charge in [0.25, 0.3) is 12.2 Å². The predicted octanol–water partition coefficient (Wildman–Crippen LogP) is 6.08. The first kappa shape index (κ1) is 28.1. The zero-order valence-corrected chi connectivity index (χ0v) is 13.9. The Morgan fingerprint density at radius 1 is 0.517 bits per heavy atom. The highest BCUT2D eigenvalue weighted by Crippen LogP contribution is 2.60. The van der Waals surface area contributed by atoms with E-state index in [1.807, 2.05) is 0 Å². The van der Waals surface area contributed by atoms with Gasteiger partial charge in [-0.05, 0) is 6.92 Å². The number of phosphoric acid groups is 1.